The zero-order valence-corrected chi connectivity index (χ0v) is 14.1. The van der Waals surface area contributed by atoms with Crippen LogP contribution in [0, 0.1) is 0 Å². The summed E-state index contributed by atoms with van der Waals surface area (Å²) in [7, 11) is 3.32. The lowest BCUT2D eigenvalue weighted by molar-refractivity contribution is -0.127. The fourth-order valence-electron chi connectivity index (χ4n) is 2.23. The summed E-state index contributed by atoms with van der Waals surface area (Å²) >= 11 is 1.34. The third-order valence-corrected chi connectivity index (χ3v) is 4.88. The molecule has 0 spiro atoms. The van der Waals surface area contributed by atoms with Crippen molar-refractivity contribution < 1.29 is 9.59 Å². The number of amides is 2. The van der Waals surface area contributed by atoms with Crippen molar-refractivity contribution >= 4 is 34.4 Å². The number of carbonyl (C=O) groups is 2. The number of benzene rings is 1. The van der Waals surface area contributed by atoms with Crippen LogP contribution in [-0.4, -0.2) is 41.2 Å². The maximum absolute atomic E-state index is 12.1. The number of hydrogen-bond donors (Lipinski definition) is 1. The van der Waals surface area contributed by atoms with Gasteiger partial charge in [-0.3, -0.25) is 19.5 Å². The molecule has 1 aliphatic heterocycles. The first-order chi connectivity index (χ1) is 10.4. The molecule has 0 aliphatic carbocycles. The molecule has 6 heteroatoms. The van der Waals surface area contributed by atoms with Crippen molar-refractivity contribution in [2.45, 2.75) is 31.4 Å². The standard InChI is InChI=1S/C16H21N3O2S/c1-10(2)11-5-7-12(8-6-11)18-14(20)9-13-15(21)19(4)16(17-3)22-13/h5-8,10,13H,9H2,1-4H3,(H,18,20)/t13-/m1/s1. The highest BCUT2D eigenvalue weighted by Gasteiger charge is 2.36. The number of aliphatic imine (C=N–C) groups is 1. The van der Waals surface area contributed by atoms with Gasteiger partial charge in [0, 0.05) is 26.2 Å². The van der Waals surface area contributed by atoms with Crippen LogP contribution in [0.1, 0.15) is 31.7 Å². The number of carbonyl (C=O) groups excluding carboxylic acids is 2. The second kappa shape index (κ2) is 6.96. The molecule has 1 heterocycles. The van der Waals surface area contributed by atoms with E-state index in [-0.39, 0.29) is 18.2 Å². The van der Waals surface area contributed by atoms with E-state index in [1.807, 2.05) is 24.3 Å². The maximum atomic E-state index is 12.1. The lowest BCUT2D eigenvalue weighted by atomic mass is 10.0. The quantitative estimate of drug-likeness (QED) is 0.928. The molecule has 1 fully saturated rings. The molecule has 0 radical (unpaired) electrons. The number of nitrogens with one attached hydrogen (secondary N) is 1. The van der Waals surface area contributed by atoms with Crippen LogP contribution in [0.25, 0.3) is 0 Å². The van der Waals surface area contributed by atoms with Crippen LogP contribution in [0.3, 0.4) is 0 Å². The summed E-state index contributed by atoms with van der Waals surface area (Å²) in [4.78, 5) is 29.7. The SMILES string of the molecule is CN=C1S[C@H](CC(=O)Nc2ccc(C(C)C)cc2)C(=O)N1C. The van der Waals surface area contributed by atoms with Crippen LogP contribution in [0.2, 0.25) is 0 Å². The molecule has 2 amide bonds. The van der Waals surface area contributed by atoms with Crippen molar-refractivity contribution in [3.63, 3.8) is 0 Å². The van der Waals surface area contributed by atoms with Gasteiger partial charge in [-0.2, -0.15) is 0 Å². The molecule has 22 heavy (non-hydrogen) atoms. The first kappa shape index (κ1) is 16.5. The fourth-order valence-corrected chi connectivity index (χ4v) is 3.33. The third-order valence-electron chi connectivity index (χ3n) is 3.56. The van der Waals surface area contributed by atoms with Gasteiger partial charge in [0.05, 0.1) is 0 Å². The van der Waals surface area contributed by atoms with Crippen molar-refractivity contribution in [2.24, 2.45) is 4.99 Å². The lowest BCUT2D eigenvalue weighted by Crippen LogP contribution is -2.30. The minimum atomic E-state index is -0.390. The highest BCUT2D eigenvalue weighted by atomic mass is 32.2. The summed E-state index contributed by atoms with van der Waals surface area (Å²) in [5.74, 6) is 0.226. The highest BCUT2D eigenvalue weighted by Crippen LogP contribution is 2.28. The van der Waals surface area contributed by atoms with Crippen molar-refractivity contribution in [2.75, 3.05) is 19.4 Å². The molecule has 1 aromatic carbocycles. The third kappa shape index (κ3) is 3.68. The molecule has 0 saturated carbocycles. The van der Waals surface area contributed by atoms with Crippen LogP contribution in [0.4, 0.5) is 5.69 Å². The number of rotatable bonds is 4. The van der Waals surface area contributed by atoms with E-state index in [2.05, 4.69) is 24.2 Å². The van der Waals surface area contributed by atoms with Crippen LogP contribution in [0.15, 0.2) is 29.3 Å². The van der Waals surface area contributed by atoms with Gasteiger partial charge in [-0.25, -0.2) is 0 Å². The molecule has 1 N–H and O–H groups in total. The number of hydrogen-bond acceptors (Lipinski definition) is 4. The first-order valence-electron chi connectivity index (χ1n) is 7.23. The Labute approximate surface area is 135 Å². The highest BCUT2D eigenvalue weighted by molar-refractivity contribution is 8.15. The van der Waals surface area contributed by atoms with Gasteiger partial charge >= 0.3 is 0 Å². The Morgan fingerprint density at radius 3 is 2.50 bits per heavy atom. The van der Waals surface area contributed by atoms with E-state index in [1.165, 1.54) is 22.2 Å². The topological polar surface area (TPSA) is 61.8 Å². The van der Waals surface area contributed by atoms with Gasteiger partial charge in [0.1, 0.15) is 5.25 Å². The minimum absolute atomic E-state index is 0.0732. The van der Waals surface area contributed by atoms with E-state index in [4.69, 9.17) is 0 Å². The molecule has 2 rings (SSSR count). The lowest BCUT2D eigenvalue weighted by Gasteiger charge is -2.10. The minimum Gasteiger partial charge on any atom is -0.326 e. The average molecular weight is 319 g/mol. The molecular formula is C16H21N3O2S. The predicted molar refractivity (Wildman–Crippen MR) is 91.3 cm³/mol. The smallest absolute Gasteiger partial charge is 0.242 e. The molecule has 5 nitrogen and oxygen atoms in total. The Morgan fingerprint density at radius 1 is 1.36 bits per heavy atom. The van der Waals surface area contributed by atoms with Crippen molar-refractivity contribution in [3.8, 4) is 0 Å². The van der Waals surface area contributed by atoms with Crippen LogP contribution >= 0.6 is 11.8 Å². The largest absolute Gasteiger partial charge is 0.326 e. The van der Waals surface area contributed by atoms with Gasteiger partial charge in [-0.1, -0.05) is 37.7 Å². The summed E-state index contributed by atoms with van der Waals surface area (Å²) in [6.45, 7) is 4.25. The van der Waals surface area contributed by atoms with Gasteiger partial charge in [0.2, 0.25) is 11.8 Å². The molecule has 0 unspecified atom stereocenters. The van der Waals surface area contributed by atoms with E-state index in [0.29, 0.717) is 11.1 Å². The van der Waals surface area contributed by atoms with Crippen LogP contribution in [0.5, 0.6) is 0 Å². The molecule has 0 aromatic heterocycles. The van der Waals surface area contributed by atoms with Gasteiger partial charge in [0.15, 0.2) is 5.17 Å². The Balaban J connectivity index is 1.95. The van der Waals surface area contributed by atoms with E-state index >= 15 is 0 Å². The van der Waals surface area contributed by atoms with Crippen molar-refractivity contribution in [3.05, 3.63) is 29.8 Å². The Kier molecular flexibility index (Phi) is 5.24. The number of anilines is 1. The van der Waals surface area contributed by atoms with E-state index < -0.39 is 5.25 Å². The maximum Gasteiger partial charge on any atom is 0.242 e. The molecular weight excluding hydrogens is 298 g/mol. The molecule has 118 valence electrons. The van der Waals surface area contributed by atoms with Crippen molar-refractivity contribution in [1.29, 1.82) is 0 Å². The van der Waals surface area contributed by atoms with E-state index in [1.54, 1.807) is 14.1 Å². The molecule has 1 saturated heterocycles. The summed E-state index contributed by atoms with van der Waals surface area (Å²) in [5.41, 5.74) is 1.98. The van der Waals surface area contributed by atoms with Gasteiger partial charge in [-0.05, 0) is 23.6 Å². The van der Waals surface area contributed by atoms with E-state index in [0.717, 1.165) is 5.69 Å². The number of nitrogens with zero attached hydrogens (tertiary/aromatic N) is 2. The van der Waals surface area contributed by atoms with Crippen LogP contribution in [-0.2, 0) is 9.59 Å². The summed E-state index contributed by atoms with van der Waals surface area (Å²) < 4.78 is 0. The van der Waals surface area contributed by atoms with Gasteiger partial charge < -0.3 is 5.32 Å². The van der Waals surface area contributed by atoms with Crippen LogP contribution < -0.4 is 5.32 Å². The summed E-state index contributed by atoms with van der Waals surface area (Å²) in [6.07, 6.45) is 0.152. The number of thioether (sulfide) groups is 1. The first-order valence-corrected chi connectivity index (χ1v) is 8.11. The molecule has 1 aromatic rings. The molecule has 0 bridgehead atoms. The summed E-state index contributed by atoms with van der Waals surface area (Å²) in [6, 6.07) is 7.79. The normalized spacial score (nSPS) is 20.0. The van der Waals surface area contributed by atoms with Gasteiger partial charge in [0.25, 0.3) is 0 Å². The predicted octanol–water partition coefficient (Wildman–Crippen LogP) is 2.70. The number of amidine groups is 1. The van der Waals surface area contributed by atoms with Crippen molar-refractivity contribution in [1.82, 2.24) is 4.90 Å². The molecule has 1 aliphatic rings. The zero-order valence-electron chi connectivity index (χ0n) is 13.3. The second-order valence-electron chi connectivity index (χ2n) is 5.54. The monoisotopic (exact) mass is 319 g/mol. The second-order valence-corrected chi connectivity index (χ2v) is 6.71. The Hall–Kier alpha value is -1.82. The molecule has 1 atom stereocenters. The van der Waals surface area contributed by atoms with Gasteiger partial charge in [-0.15, -0.1) is 0 Å². The zero-order chi connectivity index (χ0) is 16.3. The average Bonchev–Trinajstić information content (AvgIpc) is 2.75. The van der Waals surface area contributed by atoms with E-state index in [9.17, 15) is 9.59 Å². The fraction of sp³-hybridized carbons (Fsp3) is 0.438. The Morgan fingerprint density at radius 2 is 2.00 bits per heavy atom. The summed E-state index contributed by atoms with van der Waals surface area (Å²) in [5, 5.41) is 3.11. The Bertz CT molecular complexity index is 596.